The molecule has 6 unspecified atom stereocenters. The number of hydrogen-bond donors (Lipinski definition) is 2. The maximum Gasteiger partial charge on any atom is 0.101 e. The van der Waals surface area contributed by atoms with Crippen molar-refractivity contribution >= 4 is 50.5 Å². The van der Waals surface area contributed by atoms with Crippen LogP contribution in [0.5, 0.6) is 0 Å². The van der Waals surface area contributed by atoms with Gasteiger partial charge in [-0.25, -0.2) is 0 Å². The number of nitrogens with one attached hydrogen (secondary N) is 2. The summed E-state index contributed by atoms with van der Waals surface area (Å²) in [4.78, 5) is 2.83. The zero-order chi connectivity index (χ0) is 35.6. The summed E-state index contributed by atoms with van der Waals surface area (Å²) in [6, 6.07) is 34.3. The Morgan fingerprint density at radius 1 is 0.685 bits per heavy atom. The fourth-order valence-electron chi connectivity index (χ4n) is 9.21. The molecule has 0 bridgehead atoms. The van der Waals surface area contributed by atoms with Gasteiger partial charge in [-0.3, -0.25) is 5.32 Å². The molecule has 6 atom stereocenters. The van der Waals surface area contributed by atoms with Gasteiger partial charge in [-0.1, -0.05) is 121 Å². The molecular weight excluding hydrogens is 693 g/mol. The Kier molecular flexibility index (Phi) is 7.97. The second-order valence-electron chi connectivity index (χ2n) is 15.2. The van der Waals surface area contributed by atoms with E-state index in [0.29, 0.717) is 23.0 Å². The van der Waals surface area contributed by atoms with Gasteiger partial charge in [0.2, 0.25) is 0 Å². The van der Waals surface area contributed by atoms with Crippen LogP contribution in [0.15, 0.2) is 174 Å². The molecule has 11 rings (SSSR count). The van der Waals surface area contributed by atoms with E-state index in [1.54, 1.807) is 0 Å². The Balaban J connectivity index is 1.05. The number of thioether (sulfide) groups is 1. The van der Waals surface area contributed by atoms with Gasteiger partial charge < -0.3 is 5.32 Å². The standard InChI is InChI=1S/C50H40N2S2/c1-2-12-32(13-3-1)44-30-45(52-50(51-44)41-18-10-14-31-11-4-5-15-38(31)41)37-26-35(33-21-23-48-42(28-33)39-16-6-8-19-46(39)53-48)25-36(27-37)34-22-24-49-43(29-34)40-17-7-9-20-47(40)54-49/h1-6,8-16,18-31,38,42,45,48,50-52H,7,17H2. The Bertz CT molecular complexity index is 2570. The van der Waals surface area contributed by atoms with E-state index < -0.39 is 0 Å². The van der Waals surface area contributed by atoms with Gasteiger partial charge in [0.05, 0.1) is 6.04 Å². The molecule has 2 nitrogen and oxygen atoms in total. The minimum Gasteiger partial charge on any atom is -0.366 e. The van der Waals surface area contributed by atoms with Gasteiger partial charge >= 0.3 is 0 Å². The fraction of sp³-hybridized carbons (Fsp3) is 0.160. The van der Waals surface area contributed by atoms with Gasteiger partial charge in [0.1, 0.15) is 6.17 Å². The van der Waals surface area contributed by atoms with Crippen molar-refractivity contribution in [2.75, 3.05) is 0 Å². The number of benzene rings is 4. The zero-order valence-corrected chi connectivity index (χ0v) is 31.5. The van der Waals surface area contributed by atoms with Crippen LogP contribution < -0.4 is 10.6 Å². The highest BCUT2D eigenvalue weighted by Gasteiger charge is 2.34. The number of allylic oxidation sites excluding steroid dienone is 11. The van der Waals surface area contributed by atoms with E-state index in [-0.39, 0.29) is 12.2 Å². The summed E-state index contributed by atoms with van der Waals surface area (Å²) in [5.41, 5.74) is 13.1. The lowest BCUT2D eigenvalue weighted by Crippen LogP contribution is -2.49. The number of thiophene rings is 1. The van der Waals surface area contributed by atoms with Crippen molar-refractivity contribution in [1.82, 2.24) is 10.6 Å². The van der Waals surface area contributed by atoms with E-state index in [2.05, 4.69) is 181 Å². The molecule has 4 aliphatic carbocycles. The van der Waals surface area contributed by atoms with Crippen LogP contribution in [0.2, 0.25) is 0 Å². The van der Waals surface area contributed by atoms with Crippen molar-refractivity contribution in [3.8, 4) is 11.1 Å². The first-order valence-corrected chi connectivity index (χ1v) is 21.0. The summed E-state index contributed by atoms with van der Waals surface area (Å²) in [5.74, 6) is 1.07. The number of fused-ring (bicyclic) bond motifs is 7. The van der Waals surface area contributed by atoms with Gasteiger partial charge in [-0.15, -0.1) is 23.1 Å². The van der Waals surface area contributed by atoms with Gasteiger partial charge in [0, 0.05) is 43.2 Å². The highest BCUT2D eigenvalue weighted by Crippen LogP contribution is 2.50. The Labute approximate surface area is 325 Å². The molecule has 5 aromatic rings. The molecule has 2 aliphatic heterocycles. The molecular formula is C50H40N2S2. The first kappa shape index (κ1) is 32.3. The van der Waals surface area contributed by atoms with Crippen LogP contribution in [-0.4, -0.2) is 11.4 Å². The average molecular weight is 733 g/mol. The number of hydrogen-bond acceptors (Lipinski definition) is 4. The molecule has 2 N–H and O–H groups in total. The second kappa shape index (κ2) is 13.3. The van der Waals surface area contributed by atoms with Crippen molar-refractivity contribution in [2.45, 2.75) is 41.1 Å². The molecule has 6 aliphatic rings. The van der Waals surface area contributed by atoms with Crippen molar-refractivity contribution in [1.29, 1.82) is 0 Å². The molecule has 262 valence electrons. The van der Waals surface area contributed by atoms with Crippen LogP contribution >= 0.6 is 23.1 Å². The Morgan fingerprint density at radius 2 is 1.56 bits per heavy atom. The van der Waals surface area contributed by atoms with E-state index >= 15 is 0 Å². The summed E-state index contributed by atoms with van der Waals surface area (Å²) in [5, 5.41) is 9.90. The molecule has 0 fully saturated rings. The molecule has 0 saturated heterocycles. The van der Waals surface area contributed by atoms with Crippen molar-refractivity contribution < 1.29 is 0 Å². The highest BCUT2D eigenvalue weighted by atomic mass is 32.2. The first-order chi connectivity index (χ1) is 26.7. The van der Waals surface area contributed by atoms with Gasteiger partial charge in [-0.2, -0.15) is 0 Å². The molecule has 54 heavy (non-hydrogen) atoms. The summed E-state index contributed by atoms with van der Waals surface area (Å²) in [7, 11) is 0. The normalized spacial score (nSPS) is 26.0. The highest BCUT2D eigenvalue weighted by molar-refractivity contribution is 8.00. The van der Waals surface area contributed by atoms with E-state index in [9.17, 15) is 0 Å². The van der Waals surface area contributed by atoms with Gasteiger partial charge in [0.15, 0.2) is 0 Å². The monoisotopic (exact) mass is 732 g/mol. The van der Waals surface area contributed by atoms with Crippen LogP contribution in [0.25, 0.3) is 38.6 Å². The smallest absolute Gasteiger partial charge is 0.101 e. The summed E-state index contributed by atoms with van der Waals surface area (Å²) < 4.78 is 1.38. The Hall–Kier alpha value is -5.13. The summed E-state index contributed by atoms with van der Waals surface area (Å²) in [6.07, 6.45) is 32.5. The van der Waals surface area contributed by atoms with Crippen LogP contribution in [-0.2, 0) is 6.42 Å². The second-order valence-corrected chi connectivity index (χ2v) is 17.5. The fourth-order valence-corrected chi connectivity index (χ4v) is 11.7. The third kappa shape index (κ3) is 5.67. The van der Waals surface area contributed by atoms with Gasteiger partial charge in [-0.05, 0) is 117 Å². The molecule has 4 aromatic carbocycles. The molecule has 0 radical (unpaired) electrons. The predicted octanol–water partition coefficient (Wildman–Crippen LogP) is 12.2. The van der Waals surface area contributed by atoms with E-state index in [0.717, 1.165) is 18.5 Å². The molecule has 3 heterocycles. The van der Waals surface area contributed by atoms with Crippen molar-refractivity contribution in [3.05, 3.63) is 202 Å². The third-order valence-corrected chi connectivity index (χ3v) is 14.5. The van der Waals surface area contributed by atoms with Crippen LogP contribution in [0.3, 0.4) is 0 Å². The lowest BCUT2D eigenvalue weighted by molar-refractivity contribution is 0.432. The molecule has 4 heteroatoms. The van der Waals surface area contributed by atoms with E-state index in [4.69, 9.17) is 0 Å². The average Bonchev–Trinajstić information content (AvgIpc) is 3.81. The number of rotatable bonds is 5. The van der Waals surface area contributed by atoms with Gasteiger partial charge in [0.25, 0.3) is 0 Å². The lowest BCUT2D eigenvalue weighted by atomic mass is 9.78. The minimum absolute atomic E-state index is 0.00928. The molecule has 0 saturated carbocycles. The first-order valence-electron chi connectivity index (χ1n) is 19.3. The van der Waals surface area contributed by atoms with E-state index in [1.807, 2.05) is 23.1 Å². The molecule has 0 amide bonds. The van der Waals surface area contributed by atoms with Crippen molar-refractivity contribution in [2.24, 2.45) is 11.8 Å². The molecule has 0 spiro atoms. The summed E-state index contributed by atoms with van der Waals surface area (Å²) in [6.45, 7) is 0. The van der Waals surface area contributed by atoms with Crippen LogP contribution in [0, 0.1) is 11.8 Å². The minimum atomic E-state index is -0.0285. The summed E-state index contributed by atoms with van der Waals surface area (Å²) >= 11 is 3.92. The predicted molar refractivity (Wildman–Crippen MR) is 230 cm³/mol. The lowest BCUT2D eigenvalue weighted by Gasteiger charge is -2.39. The van der Waals surface area contributed by atoms with Crippen LogP contribution in [0.4, 0.5) is 0 Å². The SMILES string of the molecule is C1=CC2C=CC=C(C3NC(c4ccccc4)=CC(c4cc(C5=CC6c7ccccc7SC6C=C5)cc(-c5ccc6sc7c(c6c5)CCC=C7)c4)N3)C2C=C1. The molecule has 1 aromatic heterocycles. The Morgan fingerprint density at radius 3 is 2.52 bits per heavy atom. The quantitative estimate of drug-likeness (QED) is 0.188. The van der Waals surface area contributed by atoms with Crippen molar-refractivity contribution in [3.63, 3.8) is 0 Å². The van der Waals surface area contributed by atoms with E-state index in [1.165, 1.54) is 69.9 Å². The third-order valence-electron chi connectivity index (χ3n) is 11.9. The van der Waals surface area contributed by atoms with Crippen LogP contribution in [0.1, 0.15) is 51.1 Å². The maximum absolute atomic E-state index is 4.10. The zero-order valence-electron chi connectivity index (χ0n) is 29.9. The topological polar surface area (TPSA) is 24.1 Å². The largest absolute Gasteiger partial charge is 0.366 e. The maximum atomic E-state index is 4.10. The number of aryl methyl sites for hydroxylation is 1.